The van der Waals surface area contributed by atoms with Crippen molar-refractivity contribution in [3.8, 4) is 0 Å². The molecule has 0 saturated heterocycles. The van der Waals surface area contributed by atoms with E-state index in [0.717, 1.165) is 30.5 Å². The molecule has 0 spiro atoms. The second kappa shape index (κ2) is 5.17. The first-order chi connectivity index (χ1) is 9.26. The van der Waals surface area contributed by atoms with Gasteiger partial charge in [-0.2, -0.15) is 0 Å². The van der Waals surface area contributed by atoms with E-state index >= 15 is 0 Å². The van der Waals surface area contributed by atoms with Crippen molar-refractivity contribution in [3.63, 3.8) is 0 Å². The summed E-state index contributed by atoms with van der Waals surface area (Å²) in [6.07, 6.45) is 6.79. The Morgan fingerprint density at radius 2 is 2.21 bits per heavy atom. The number of hydrogen-bond acceptors (Lipinski definition) is 5. The maximum atomic E-state index is 4.58. The van der Waals surface area contributed by atoms with Crippen molar-refractivity contribution in [1.29, 1.82) is 0 Å². The number of fused-ring (bicyclic) bond motifs is 1. The van der Waals surface area contributed by atoms with E-state index in [1.807, 2.05) is 24.7 Å². The third-order valence-corrected chi connectivity index (χ3v) is 3.88. The first kappa shape index (κ1) is 12.4. The average Bonchev–Trinajstić information content (AvgIpc) is 2.46. The summed E-state index contributed by atoms with van der Waals surface area (Å²) >= 11 is 1.59. The van der Waals surface area contributed by atoms with Crippen LogP contribution in [-0.2, 0) is 13.0 Å². The SMILES string of the molecule is CSc1ncc2c(n1)CCN(c1cc(C)ccn1)C2. The second-order valence-electron chi connectivity index (χ2n) is 4.69. The van der Waals surface area contributed by atoms with Crippen LogP contribution in [0.1, 0.15) is 16.8 Å². The molecule has 0 radical (unpaired) electrons. The van der Waals surface area contributed by atoms with E-state index in [2.05, 4.69) is 32.8 Å². The van der Waals surface area contributed by atoms with Gasteiger partial charge < -0.3 is 4.90 Å². The van der Waals surface area contributed by atoms with Crippen molar-refractivity contribution < 1.29 is 0 Å². The molecule has 4 nitrogen and oxygen atoms in total. The molecule has 19 heavy (non-hydrogen) atoms. The fourth-order valence-electron chi connectivity index (χ4n) is 2.28. The zero-order valence-electron chi connectivity index (χ0n) is 11.1. The predicted molar refractivity (Wildman–Crippen MR) is 77.5 cm³/mol. The van der Waals surface area contributed by atoms with E-state index in [-0.39, 0.29) is 0 Å². The van der Waals surface area contributed by atoms with Crippen LogP contribution in [0.15, 0.2) is 29.7 Å². The monoisotopic (exact) mass is 272 g/mol. The molecule has 98 valence electrons. The summed E-state index contributed by atoms with van der Waals surface area (Å²) in [6.45, 7) is 3.91. The standard InChI is InChI=1S/C14H16N4S/c1-10-3-5-15-13(7-10)18-6-4-12-11(9-18)8-16-14(17-12)19-2/h3,5,7-8H,4,6,9H2,1-2H3. The predicted octanol–water partition coefficient (Wildman–Crippen LogP) is 2.46. The average molecular weight is 272 g/mol. The Balaban J connectivity index is 1.86. The van der Waals surface area contributed by atoms with Gasteiger partial charge in [-0.25, -0.2) is 15.0 Å². The second-order valence-corrected chi connectivity index (χ2v) is 5.46. The number of nitrogens with zero attached hydrogens (tertiary/aromatic N) is 4. The maximum Gasteiger partial charge on any atom is 0.187 e. The van der Waals surface area contributed by atoms with Gasteiger partial charge in [0.25, 0.3) is 0 Å². The summed E-state index contributed by atoms with van der Waals surface area (Å²) in [6, 6.07) is 4.15. The third-order valence-electron chi connectivity index (χ3n) is 3.32. The van der Waals surface area contributed by atoms with Gasteiger partial charge in [0.1, 0.15) is 5.82 Å². The molecule has 0 aromatic carbocycles. The first-order valence-corrected chi connectivity index (χ1v) is 7.55. The minimum atomic E-state index is 0.848. The van der Waals surface area contributed by atoms with Gasteiger partial charge in [-0.05, 0) is 30.9 Å². The van der Waals surface area contributed by atoms with Crippen LogP contribution in [0.2, 0.25) is 0 Å². The minimum absolute atomic E-state index is 0.848. The Kier molecular flexibility index (Phi) is 3.38. The zero-order chi connectivity index (χ0) is 13.2. The van der Waals surface area contributed by atoms with Crippen molar-refractivity contribution in [1.82, 2.24) is 15.0 Å². The van der Waals surface area contributed by atoms with Crippen LogP contribution in [0.4, 0.5) is 5.82 Å². The van der Waals surface area contributed by atoms with Crippen molar-refractivity contribution in [2.45, 2.75) is 25.0 Å². The van der Waals surface area contributed by atoms with Crippen LogP contribution in [0, 0.1) is 6.92 Å². The molecule has 1 aliphatic heterocycles. The van der Waals surface area contributed by atoms with Gasteiger partial charge in [-0.1, -0.05) is 11.8 Å². The van der Waals surface area contributed by atoms with Gasteiger partial charge in [0.05, 0.1) is 5.69 Å². The molecule has 2 aromatic rings. The first-order valence-electron chi connectivity index (χ1n) is 6.32. The molecule has 0 atom stereocenters. The highest BCUT2D eigenvalue weighted by molar-refractivity contribution is 7.98. The Morgan fingerprint density at radius 3 is 3.00 bits per heavy atom. The van der Waals surface area contributed by atoms with Gasteiger partial charge in [-0.3, -0.25) is 0 Å². The van der Waals surface area contributed by atoms with Crippen molar-refractivity contribution >= 4 is 17.6 Å². The van der Waals surface area contributed by atoms with Gasteiger partial charge in [-0.15, -0.1) is 0 Å². The summed E-state index contributed by atoms with van der Waals surface area (Å²) in [7, 11) is 0. The third kappa shape index (κ3) is 2.56. The lowest BCUT2D eigenvalue weighted by Gasteiger charge is -2.29. The van der Waals surface area contributed by atoms with Crippen molar-refractivity contribution in [3.05, 3.63) is 41.3 Å². The highest BCUT2D eigenvalue weighted by Gasteiger charge is 2.19. The molecule has 0 saturated carbocycles. The van der Waals surface area contributed by atoms with Gasteiger partial charge in [0.15, 0.2) is 5.16 Å². The van der Waals surface area contributed by atoms with E-state index < -0.39 is 0 Å². The molecule has 0 amide bonds. The van der Waals surface area contributed by atoms with E-state index in [1.54, 1.807) is 11.8 Å². The smallest absolute Gasteiger partial charge is 0.187 e. The number of anilines is 1. The van der Waals surface area contributed by atoms with Gasteiger partial charge in [0.2, 0.25) is 0 Å². The Bertz CT molecular complexity index is 600. The van der Waals surface area contributed by atoms with Gasteiger partial charge in [0, 0.05) is 37.5 Å². The quantitative estimate of drug-likeness (QED) is 0.620. The lowest BCUT2D eigenvalue weighted by molar-refractivity contribution is 0.681. The number of rotatable bonds is 2. The van der Waals surface area contributed by atoms with Crippen LogP contribution >= 0.6 is 11.8 Å². The number of hydrogen-bond donors (Lipinski definition) is 0. The Labute approximate surface area is 117 Å². The van der Waals surface area contributed by atoms with Crippen LogP contribution in [0.5, 0.6) is 0 Å². The van der Waals surface area contributed by atoms with E-state index in [4.69, 9.17) is 0 Å². The molecule has 3 rings (SSSR count). The van der Waals surface area contributed by atoms with Crippen LogP contribution in [0.25, 0.3) is 0 Å². The van der Waals surface area contributed by atoms with Crippen molar-refractivity contribution in [2.75, 3.05) is 17.7 Å². The lowest BCUT2D eigenvalue weighted by atomic mass is 10.1. The van der Waals surface area contributed by atoms with Crippen LogP contribution in [-0.4, -0.2) is 27.8 Å². The molecule has 0 aliphatic carbocycles. The topological polar surface area (TPSA) is 41.9 Å². The summed E-state index contributed by atoms with van der Waals surface area (Å²) in [5.74, 6) is 1.04. The summed E-state index contributed by atoms with van der Waals surface area (Å²) in [5.41, 5.74) is 3.64. The van der Waals surface area contributed by atoms with Gasteiger partial charge >= 0.3 is 0 Å². The Hall–Kier alpha value is -1.62. The minimum Gasteiger partial charge on any atom is -0.352 e. The lowest BCUT2D eigenvalue weighted by Crippen LogP contribution is -2.31. The molecule has 5 heteroatoms. The summed E-state index contributed by atoms with van der Waals surface area (Å²) in [5, 5.41) is 0.862. The molecule has 0 unspecified atom stereocenters. The number of aryl methyl sites for hydroxylation is 1. The van der Waals surface area contributed by atoms with Crippen LogP contribution < -0.4 is 4.90 Å². The van der Waals surface area contributed by atoms with Crippen molar-refractivity contribution in [2.24, 2.45) is 0 Å². The normalized spacial score (nSPS) is 14.3. The molecular formula is C14H16N4S. The van der Waals surface area contributed by atoms with E-state index in [0.29, 0.717) is 0 Å². The molecule has 1 aliphatic rings. The summed E-state index contributed by atoms with van der Waals surface area (Å²) < 4.78 is 0. The molecular weight excluding hydrogens is 256 g/mol. The van der Waals surface area contributed by atoms with Crippen LogP contribution in [0.3, 0.4) is 0 Å². The highest BCUT2D eigenvalue weighted by Crippen LogP contribution is 2.23. The maximum absolute atomic E-state index is 4.58. The largest absolute Gasteiger partial charge is 0.352 e. The molecule has 3 heterocycles. The zero-order valence-corrected chi connectivity index (χ0v) is 11.9. The number of thioether (sulfide) groups is 1. The highest BCUT2D eigenvalue weighted by atomic mass is 32.2. The number of aromatic nitrogens is 3. The Morgan fingerprint density at radius 1 is 1.32 bits per heavy atom. The molecule has 2 aromatic heterocycles. The fourth-order valence-corrected chi connectivity index (χ4v) is 2.64. The molecule has 0 N–H and O–H groups in total. The van der Waals surface area contributed by atoms with E-state index in [1.165, 1.54) is 16.8 Å². The summed E-state index contributed by atoms with van der Waals surface area (Å²) in [4.78, 5) is 15.7. The fraction of sp³-hybridized carbons (Fsp3) is 0.357. The number of pyridine rings is 1. The molecule has 0 fully saturated rings. The molecule has 0 bridgehead atoms. The van der Waals surface area contributed by atoms with E-state index in [9.17, 15) is 0 Å².